The van der Waals surface area contributed by atoms with E-state index in [-0.39, 0.29) is 0 Å². The van der Waals surface area contributed by atoms with Gasteiger partial charge in [0.2, 0.25) is 5.89 Å². The topological polar surface area (TPSA) is 43.1 Å². The zero-order valence-electron chi connectivity index (χ0n) is 9.88. The van der Waals surface area contributed by atoms with Gasteiger partial charge in [0.25, 0.3) is 0 Å². The summed E-state index contributed by atoms with van der Waals surface area (Å²) >= 11 is 0. The maximum absolute atomic E-state index is 10.7. The van der Waals surface area contributed by atoms with E-state index in [9.17, 15) is 4.79 Å². The van der Waals surface area contributed by atoms with Crippen LogP contribution in [0.2, 0.25) is 0 Å². The van der Waals surface area contributed by atoms with E-state index in [1.165, 1.54) is 0 Å². The zero-order valence-corrected chi connectivity index (χ0v) is 9.88. The highest BCUT2D eigenvalue weighted by molar-refractivity contribution is 5.84. The molecule has 2 aromatic carbocycles. The van der Waals surface area contributed by atoms with Crippen molar-refractivity contribution in [3.8, 4) is 11.5 Å². The van der Waals surface area contributed by atoms with Crippen molar-refractivity contribution in [2.45, 2.75) is 6.92 Å². The summed E-state index contributed by atoms with van der Waals surface area (Å²) in [5, 5.41) is 0. The second-order valence-electron chi connectivity index (χ2n) is 4.23. The van der Waals surface area contributed by atoms with Crippen molar-refractivity contribution in [1.29, 1.82) is 0 Å². The summed E-state index contributed by atoms with van der Waals surface area (Å²) in [6, 6.07) is 13.2. The Labute approximate surface area is 104 Å². The maximum Gasteiger partial charge on any atom is 0.227 e. The molecular weight excluding hydrogens is 226 g/mol. The molecule has 3 aromatic rings. The summed E-state index contributed by atoms with van der Waals surface area (Å²) in [5.74, 6) is 0.580. The molecule has 3 heteroatoms. The number of hydrogen-bond donors (Lipinski definition) is 0. The zero-order chi connectivity index (χ0) is 12.5. The number of hydrogen-bond acceptors (Lipinski definition) is 3. The van der Waals surface area contributed by atoms with Crippen molar-refractivity contribution in [2.75, 3.05) is 0 Å². The molecule has 3 rings (SSSR count). The molecule has 0 spiro atoms. The third-order valence-electron chi connectivity index (χ3n) is 2.81. The quantitative estimate of drug-likeness (QED) is 0.639. The number of aryl methyl sites for hydroxylation is 1. The van der Waals surface area contributed by atoms with Gasteiger partial charge in [-0.25, -0.2) is 4.98 Å². The van der Waals surface area contributed by atoms with E-state index in [1.54, 1.807) is 18.2 Å². The molecule has 0 aliphatic carbocycles. The van der Waals surface area contributed by atoms with Crippen molar-refractivity contribution in [3.05, 3.63) is 53.6 Å². The van der Waals surface area contributed by atoms with E-state index < -0.39 is 0 Å². The third kappa shape index (κ3) is 1.80. The first kappa shape index (κ1) is 10.7. The lowest BCUT2D eigenvalue weighted by Gasteiger charge is -1.95. The Kier molecular flexibility index (Phi) is 2.45. The van der Waals surface area contributed by atoms with E-state index in [2.05, 4.69) is 4.98 Å². The molecule has 0 fully saturated rings. The lowest BCUT2D eigenvalue weighted by atomic mass is 10.1. The number of aldehydes is 1. The fourth-order valence-corrected chi connectivity index (χ4v) is 1.92. The Hall–Kier alpha value is -2.42. The SMILES string of the molecule is Cc1cccc(-c2nc3cc(C=O)ccc3o2)c1. The summed E-state index contributed by atoms with van der Waals surface area (Å²) in [5.41, 5.74) is 4.10. The number of carbonyl (C=O) groups is 1. The number of fused-ring (bicyclic) bond motifs is 1. The van der Waals surface area contributed by atoms with E-state index in [1.807, 2.05) is 31.2 Å². The highest BCUT2D eigenvalue weighted by Crippen LogP contribution is 2.25. The first-order valence-corrected chi connectivity index (χ1v) is 5.69. The number of carbonyl (C=O) groups excluding carboxylic acids is 1. The molecule has 0 atom stereocenters. The van der Waals surface area contributed by atoms with Crippen LogP contribution < -0.4 is 0 Å². The standard InChI is InChI=1S/C15H11NO2/c1-10-3-2-4-12(7-10)15-16-13-8-11(9-17)5-6-14(13)18-15/h2-9H,1H3. The predicted molar refractivity (Wildman–Crippen MR) is 69.6 cm³/mol. The minimum absolute atomic E-state index is 0.580. The second-order valence-corrected chi connectivity index (χ2v) is 4.23. The normalized spacial score (nSPS) is 10.7. The van der Waals surface area contributed by atoms with Crippen LogP contribution in [-0.4, -0.2) is 11.3 Å². The Morgan fingerprint density at radius 3 is 2.83 bits per heavy atom. The molecule has 0 bridgehead atoms. The van der Waals surface area contributed by atoms with Gasteiger partial charge in [-0.1, -0.05) is 17.7 Å². The molecule has 0 N–H and O–H groups in total. The van der Waals surface area contributed by atoms with Crippen LogP contribution in [0, 0.1) is 6.92 Å². The molecule has 1 heterocycles. The molecule has 3 nitrogen and oxygen atoms in total. The number of aromatic nitrogens is 1. The monoisotopic (exact) mass is 237 g/mol. The van der Waals surface area contributed by atoms with Crippen molar-refractivity contribution in [3.63, 3.8) is 0 Å². The Morgan fingerprint density at radius 2 is 2.06 bits per heavy atom. The van der Waals surface area contributed by atoms with E-state index in [0.29, 0.717) is 22.6 Å². The van der Waals surface area contributed by atoms with Gasteiger partial charge in [-0.3, -0.25) is 4.79 Å². The molecule has 0 aliphatic rings. The smallest absolute Gasteiger partial charge is 0.227 e. The molecule has 1 aromatic heterocycles. The van der Waals surface area contributed by atoms with E-state index in [0.717, 1.165) is 17.4 Å². The lowest BCUT2D eigenvalue weighted by molar-refractivity contribution is 0.112. The first-order valence-electron chi connectivity index (χ1n) is 5.69. The van der Waals surface area contributed by atoms with Crippen LogP contribution in [-0.2, 0) is 0 Å². The Morgan fingerprint density at radius 1 is 1.17 bits per heavy atom. The van der Waals surface area contributed by atoms with Crippen LogP contribution in [0.25, 0.3) is 22.6 Å². The largest absolute Gasteiger partial charge is 0.436 e. The molecule has 18 heavy (non-hydrogen) atoms. The fourth-order valence-electron chi connectivity index (χ4n) is 1.92. The fraction of sp³-hybridized carbons (Fsp3) is 0.0667. The molecule has 0 amide bonds. The Balaban J connectivity index is 2.16. The molecule has 0 radical (unpaired) electrons. The van der Waals surface area contributed by atoms with Crippen LogP contribution in [0.15, 0.2) is 46.9 Å². The second kappa shape index (κ2) is 4.11. The van der Waals surface area contributed by atoms with Gasteiger partial charge in [0.1, 0.15) is 11.8 Å². The molecule has 0 unspecified atom stereocenters. The number of rotatable bonds is 2. The first-order chi connectivity index (χ1) is 8.76. The average molecular weight is 237 g/mol. The van der Waals surface area contributed by atoms with Gasteiger partial charge in [-0.15, -0.1) is 0 Å². The van der Waals surface area contributed by atoms with Crippen molar-refractivity contribution >= 4 is 17.4 Å². The summed E-state index contributed by atoms with van der Waals surface area (Å²) in [6.07, 6.45) is 0.806. The average Bonchev–Trinajstić information content (AvgIpc) is 2.81. The van der Waals surface area contributed by atoms with Gasteiger partial charge in [-0.2, -0.15) is 0 Å². The Bertz CT molecular complexity index is 728. The van der Waals surface area contributed by atoms with Crippen molar-refractivity contribution in [2.24, 2.45) is 0 Å². The van der Waals surface area contributed by atoms with Gasteiger partial charge in [0, 0.05) is 11.1 Å². The van der Waals surface area contributed by atoms with Crippen LogP contribution in [0.3, 0.4) is 0 Å². The predicted octanol–water partition coefficient (Wildman–Crippen LogP) is 3.62. The minimum atomic E-state index is 0.580. The summed E-state index contributed by atoms with van der Waals surface area (Å²) in [6.45, 7) is 2.02. The maximum atomic E-state index is 10.7. The van der Waals surface area contributed by atoms with E-state index in [4.69, 9.17) is 4.42 Å². The van der Waals surface area contributed by atoms with Crippen LogP contribution in [0.1, 0.15) is 15.9 Å². The van der Waals surface area contributed by atoms with Gasteiger partial charge in [0.15, 0.2) is 5.58 Å². The molecule has 0 saturated heterocycles. The molecular formula is C15H11NO2. The molecule has 88 valence electrons. The number of nitrogens with zero attached hydrogens (tertiary/aromatic N) is 1. The summed E-state index contributed by atoms with van der Waals surface area (Å²) < 4.78 is 5.68. The number of benzene rings is 2. The van der Waals surface area contributed by atoms with Crippen LogP contribution in [0.4, 0.5) is 0 Å². The summed E-state index contributed by atoms with van der Waals surface area (Å²) in [7, 11) is 0. The molecule has 0 aliphatic heterocycles. The molecule has 0 saturated carbocycles. The van der Waals surface area contributed by atoms with Gasteiger partial charge in [0.05, 0.1) is 0 Å². The lowest BCUT2D eigenvalue weighted by Crippen LogP contribution is -1.79. The van der Waals surface area contributed by atoms with Crippen molar-refractivity contribution < 1.29 is 9.21 Å². The van der Waals surface area contributed by atoms with Crippen LogP contribution >= 0.6 is 0 Å². The highest BCUT2D eigenvalue weighted by Gasteiger charge is 2.08. The number of oxazole rings is 1. The highest BCUT2D eigenvalue weighted by atomic mass is 16.3. The van der Waals surface area contributed by atoms with Crippen LogP contribution in [0.5, 0.6) is 0 Å². The third-order valence-corrected chi connectivity index (χ3v) is 2.81. The van der Waals surface area contributed by atoms with Gasteiger partial charge >= 0.3 is 0 Å². The minimum Gasteiger partial charge on any atom is -0.436 e. The van der Waals surface area contributed by atoms with E-state index >= 15 is 0 Å². The summed E-state index contributed by atoms with van der Waals surface area (Å²) in [4.78, 5) is 15.1. The van der Waals surface area contributed by atoms with Gasteiger partial charge < -0.3 is 4.42 Å². The van der Waals surface area contributed by atoms with Gasteiger partial charge in [-0.05, 0) is 37.3 Å². The van der Waals surface area contributed by atoms with Crippen molar-refractivity contribution in [1.82, 2.24) is 4.98 Å².